The van der Waals surface area contributed by atoms with Gasteiger partial charge in [0.1, 0.15) is 11.4 Å². The molecular formula is C16H16F7N7O2S. The Bertz CT molecular complexity index is 1070. The third-order valence-corrected chi connectivity index (χ3v) is 5.58. The zero-order valence-electron chi connectivity index (χ0n) is 16.9. The highest BCUT2D eigenvalue weighted by Gasteiger charge is 2.53. The Kier molecular flexibility index (Phi) is 6.74. The van der Waals surface area contributed by atoms with E-state index >= 15 is 0 Å². The molecule has 0 aromatic carbocycles. The first-order valence-corrected chi connectivity index (χ1v) is 10.1. The van der Waals surface area contributed by atoms with Crippen LogP contribution in [0.3, 0.4) is 0 Å². The van der Waals surface area contributed by atoms with Gasteiger partial charge in [-0.05, 0) is 13.0 Å². The molecule has 0 aliphatic carbocycles. The average Bonchev–Trinajstić information content (AvgIpc) is 3.40. The van der Waals surface area contributed by atoms with Crippen LogP contribution < -0.4 is 0 Å². The van der Waals surface area contributed by atoms with E-state index in [2.05, 4.69) is 20.4 Å². The predicted octanol–water partition coefficient (Wildman–Crippen LogP) is 2.62. The van der Waals surface area contributed by atoms with E-state index < -0.39 is 54.2 Å². The van der Waals surface area contributed by atoms with Crippen molar-refractivity contribution in [2.45, 2.75) is 49.8 Å². The lowest BCUT2D eigenvalue weighted by atomic mass is 10.1. The van der Waals surface area contributed by atoms with E-state index in [1.807, 2.05) is 0 Å². The van der Waals surface area contributed by atoms with Gasteiger partial charge in [-0.1, -0.05) is 11.8 Å². The molecule has 9 nitrogen and oxygen atoms in total. The van der Waals surface area contributed by atoms with Crippen molar-refractivity contribution in [1.82, 2.24) is 29.6 Å². The summed E-state index contributed by atoms with van der Waals surface area (Å²) in [6, 6.07) is 0.767. The lowest BCUT2D eigenvalue weighted by molar-refractivity contribution is -0.190. The van der Waals surface area contributed by atoms with Gasteiger partial charge >= 0.3 is 6.18 Å². The molecule has 2 aromatic rings. The van der Waals surface area contributed by atoms with Gasteiger partial charge in [-0.2, -0.15) is 28.4 Å². The molecule has 3 heterocycles. The summed E-state index contributed by atoms with van der Waals surface area (Å²) in [7, 11) is 1.27. The molecule has 1 amide bonds. The van der Waals surface area contributed by atoms with Gasteiger partial charge in [0, 0.05) is 20.0 Å². The zero-order valence-corrected chi connectivity index (χ0v) is 17.7. The number of aryl methyl sites for hydroxylation is 1. The van der Waals surface area contributed by atoms with Gasteiger partial charge in [-0.15, -0.1) is 10.2 Å². The zero-order chi connectivity index (χ0) is 24.7. The Hall–Kier alpha value is -2.69. The summed E-state index contributed by atoms with van der Waals surface area (Å²) in [6.45, 7) is 1.78. The maximum atomic E-state index is 13.3. The SMILES string of the molecule is CCn1c(SCC(=O)N2N=C(C(F)F)CC2(O)C(F)F)nnc1-c1cc(C(F)(F)F)nn1C. The van der Waals surface area contributed by atoms with E-state index in [1.54, 1.807) is 6.92 Å². The van der Waals surface area contributed by atoms with Crippen molar-refractivity contribution < 1.29 is 40.6 Å². The van der Waals surface area contributed by atoms with Gasteiger partial charge in [0.05, 0.1) is 5.75 Å². The Morgan fingerprint density at radius 2 is 1.94 bits per heavy atom. The number of aliphatic hydroxyl groups is 1. The maximum Gasteiger partial charge on any atom is 0.435 e. The van der Waals surface area contributed by atoms with E-state index in [1.165, 1.54) is 11.6 Å². The molecule has 17 heteroatoms. The number of hydrazone groups is 1. The fourth-order valence-corrected chi connectivity index (χ4v) is 3.87. The fraction of sp³-hybridized carbons (Fsp3) is 0.562. The standard InChI is InChI=1S/C16H16F7N7O2S/c1-3-29-12(8-4-9(16(21,22)23)27-28(8)2)24-25-14(29)33-6-10(31)30-15(32,13(19)20)5-7(26-30)11(17)18/h4,11,13,32H,3,5-6H2,1-2H3. The molecule has 0 fully saturated rings. The second kappa shape index (κ2) is 8.92. The van der Waals surface area contributed by atoms with Crippen LogP contribution in [0.25, 0.3) is 11.5 Å². The number of carbonyl (C=O) groups excluding carboxylic acids is 1. The van der Waals surface area contributed by atoms with Crippen LogP contribution in [-0.2, 0) is 24.6 Å². The summed E-state index contributed by atoms with van der Waals surface area (Å²) in [6.07, 6.45) is -12.7. The Morgan fingerprint density at radius 1 is 1.27 bits per heavy atom. The monoisotopic (exact) mass is 503 g/mol. The highest BCUT2D eigenvalue weighted by molar-refractivity contribution is 7.99. The van der Waals surface area contributed by atoms with Gasteiger partial charge in [-0.3, -0.25) is 9.48 Å². The van der Waals surface area contributed by atoms with Crippen LogP contribution in [0, 0.1) is 0 Å². The van der Waals surface area contributed by atoms with Crippen LogP contribution in [-0.4, -0.2) is 70.6 Å². The highest BCUT2D eigenvalue weighted by atomic mass is 32.2. The molecule has 1 N–H and O–H groups in total. The fourth-order valence-electron chi connectivity index (χ4n) is 3.03. The highest BCUT2D eigenvalue weighted by Crippen LogP contribution is 2.35. The molecule has 3 rings (SSSR count). The number of nitrogens with zero attached hydrogens (tertiary/aromatic N) is 7. The summed E-state index contributed by atoms with van der Waals surface area (Å²) < 4.78 is 93.5. The van der Waals surface area contributed by atoms with E-state index in [-0.39, 0.29) is 28.2 Å². The van der Waals surface area contributed by atoms with Gasteiger partial charge in [-0.25, -0.2) is 17.6 Å². The van der Waals surface area contributed by atoms with Crippen molar-refractivity contribution in [3.63, 3.8) is 0 Å². The lowest BCUT2D eigenvalue weighted by Crippen LogP contribution is -2.52. The molecule has 1 aliphatic heterocycles. The van der Waals surface area contributed by atoms with Crippen molar-refractivity contribution in [3.8, 4) is 11.5 Å². The van der Waals surface area contributed by atoms with Crippen LogP contribution in [0.4, 0.5) is 30.7 Å². The summed E-state index contributed by atoms with van der Waals surface area (Å²) >= 11 is 0.656. The van der Waals surface area contributed by atoms with Crippen molar-refractivity contribution in [3.05, 3.63) is 11.8 Å². The molecule has 1 atom stereocenters. The maximum absolute atomic E-state index is 13.3. The second-order valence-electron chi connectivity index (χ2n) is 6.83. The molecule has 2 aromatic heterocycles. The average molecular weight is 503 g/mol. The van der Waals surface area contributed by atoms with Crippen molar-refractivity contribution in [2.75, 3.05) is 5.75 Å². The van der Waals surface area contributed by atoms with Crippen LogP contribution >= 0.6 is 11.8 Å². The Labute approximate surface area is 185 Å². The Morgan fingerprint density at radius 3 is 2.45 bits per heavy atom. The molecule has 0 saturated carbocycles. The van der Waals surface area contributed by atoms with Crippen molar-refractivity contribution in [1.29, 1.82) is 0 Å². The Balaban J connectivity index is 1.82. The van der Waals surface area contributed by atoms with Gasteiger partial charge < -0.3 is 9.67 Å². The number of rotatable bonds is 7. The van der Waals surface area contributed by atoms with E-state index in [4.69, 9.17) is 0 Å². The minimum Gasteiger partial charge on any atom is -0.364 e. The first kappa shape index (κ1) is 24.9. The molecule has 182 valence electrons. The van der Waals surface area contributed by atoms with Crippen molar-refractivity contribution in [2.24, 2.45) is 12.1 Å². The lowest BCUT2D eigenvalue weighted by Gasteiger charge is -2.29. The molecule has 0 spiro atoms. The van der Waals surface area contributed by atoms with Crippen molar-refractivity contribution >= 4 is 23.4 Å². The normalized spacial score (nSPS) is 19.2. The van der Waals surface area contributed by atoms with E-state index in [9.17, 15) is 40.6 Å². The number of hydrogen-bond donors (Lipinski definition) is 1. The molecule has 0 saturated heterocycles. The molecule has 33 heavy (non-hydrogen) atoms. The minimum absolute atomic E-state index is 0.00112. The topological polar surface area (TPSA) is 101 Å². The van der Waals surface area contributed by atoms with Crippen LogP contribution in [0.2, 0.25) is 0 Å². The summed E-state index contributed by atoms with van der Waals surface area (Å²) in [4.78, 5) is 12.4. The summed E-state index contributed by atoms with van der Waals surface area (Å²) in [5.41, 5.74) is -5.45. The molecule has 1 aliphatic rings. The van der Waals surface area contributed by atoms with Gasteiger partial charge in [0.15, 0.2) is 16.7 Å². The summed E-state index contributed by atoms with van der Waals surface area (Å²) in [5, 5.41) is 24.2. The number of alkyl halides is 7. The third-order valence-electron chi connectivity index (χ3n) is 4.63. The summed E-state index contributed by atoms with van der Waals surface area (Å²) in [5.74, 6) is -1.85. The van der Waals surface area contributed by atoms with Crippen LogP contribution in [0.1, 0.15) is 19.0 Å². The molecular weight excluding hydrogens is 487 g/mol. The molecule has 1 unspecified atom stereocenters. The van der Waals surface area contributed by atoms with Gasteiger partial charge in [0.2, 0.25) is 5.72 Å². The number of aromatic nitrogens is 5. The van der Waals surface area contributed by atoms with Gasteiger partial charge in [0.25, 0.3) is 18.8 Å². The smallest absolute Gasteiger partial charge is 0.364 e. The number of thioether (sulfide) groups is 1. The van der Waals surface area contributed by atoms with E-state index in [0.29, 0.717) is 11.8 Å². The first-order chi connectivity index (χ1) is 15.3. The first-order valence-electron chi connectivity index (χ1n) is 9.16. The third kappa shape index (κ3) is 4.68. The second-order valence-corrected chi connectivity index (χ2v) is 7.77. The number of halogens is 7. The predicted molar refractivity (Wildman–Crippen MR) is 99.5 cm³/mol. The minimum atomic E-state index is -4.69. The van der Waals surface area contributed by atoms with Crippen LogP contribution in [0.5, 0.6) is 0 Å². The largest absolute Gasteiger partial charge is 0.435 e. The molecule has 0 bridgehead atoms. The van der Waals surface area contributed by atoms with Crippen LogP contribution in [0.15, 0.2) is 16.3 Å². The molecule has 0 radical (unpaired) electrons. The number of hydrogen-bond acceptors (Lipinski definition) is 7. The number of amides is 1. The number of carbonyl (C=O) groups is 1. The quantitative estimate of drug-likeness (QED) is 0.461. The van der Waals surface area contributed by atoms with E-state index in [0.717, 1.165) is 10.7 Å².